The number of carbonyl (C=O) groups is 6. The molecule has 1 aromatic carbocycles. The van der Waals surface area contributed by atoms with Crippen LogP contribution in [0.1, 0.15) is 53.6 Å². The SMILES string of the molecule is Cc1ccc(C)c(C(=O)COC(=O)[C@@H](CCCCN2C(=O)[C@@H]3[C@H](C2=O)[C@H]2C=C[C@H]3C2)N2C(=O)[C@@H]3[C@H](C2=O)[C@H]2C=C[C@H]3C2)c1. The third-order valence-electron chi connectivity index (χ3n) is 10.8. The van der Waals surface area contributed by atoms with Crippen molar-refractivity contribution in [2.24, 2.45) is 47.3 Å². The summed E-state index contributed by atoms with van der Waals surface area (Å²) in [5.74, 6) is -3.26. The van der Waals surface area contributed by atoms with E-state index in [1.807, 2.05) is 38.1 Å². The largest absolute Gasteiger partial charge is 0.456 e. The van der Waals surface area contributed by atoms with E-state index in [4.69, 9.17) is 4.74 Å². The van der Waals surface area contributed by atoms with Gasteiger partial charge in [0.05, 0.1) is 23.7 Å². The quantitative estimate of drug-likeness (QED) is 0.136. The molecule has 2 heterocycles. The van der Waals surface area contributed by atoms with E-state index in [0.717, 1.165) is 28.9 Å². The molecule has 4 fully saturated rings. The molecule has 2 saturated heterocycles. The molecule has 0 radical (unpaired) electrons. The molecule has 0 aromatic heterocycles. The average Bonchev–Trinajstić information content (AvgIpc) is 3.84. The first-order chi connectivity index (χ1) is 20.7. The summed E-state index contributed by atoms with van der Waals surface area (Å²) in [7, 11) is 0. The van der Waals surface area contributed by atoms with Crippen molar-refractivity contribution in [1.29, 1.82) is 0 Å². The van der Waals surface area contributed by atoms with Crippen LogP contribution in [0.5, 0.6) is 0 Å². The molecule has 2 saturated carbocycles. The molecule has 0 unspecified atom stereocenters. The lowest BCUT2D eigenvalue weighted by molar-refractivity contribution is -0.159. The molecule has 9 heteroatoms. The van der Waals surface area contributed by atoms with Gasteiger partial charge in [-0.1, -0.05) is 42.0 Å². The van der Waals surface area contributed by atoms with Gasteiger partial charge < -0.3 is 4.74 Å². The van der Waals surface area contributed by atoms with E-state index in [0.29, 0.717) is 18.4 Å². The van der Waals surface area contributed by atoms with Crippen molar-refractivity contribution in [3.63, 3.8) is 0 Å². The highest BCUT2D eigenvalue weighted by Crippen LogP contribution is 2.54. The monoisotopic (exact) mass is 584 g/mol. The Bertz CT molecular complexity index is 1450. The summed E-state index contributed by atoms with van der Waals surface area (Å²) in [4.78, 5) is 82.2. The number of unbranched alkanes of at least 4 members (excludes halogenated alkanes) is 1. The van der Waals surface area contributed by atoms with Gasteiger partial charge in [0, 0.05) is 12.1 Å². The predicted octanol–water partition coefficient (Wildman–Crippen LogP) is 3.18. The van der Waals surface area contributed by atoms with Crippen molar-refractivity contribution in [3.05, 3.63) is 59.2 Å². The molecule has 9 nitrogen and oxygen atoms in total. The van der Waals surface area contributed by atoms with Crippen molar-refractivity contribution >= 4 is 35.4 Å². The van der Waals surface area contributed by atoms with Crippen molar-refractivity contribution < 1.29 is 33.5 Å². The Balaban J connectivity index is 1.03. The molecule has 9 atom stereocenters. The second-order valence-electron chi connectivity index (χ2n) is 13.2. The van der Waals surface area contributed by atoms with Crippen LogP contribution in [0, 0.1) is 61.2 Å². The van der Waals surface area contributed by atoms with E-state index in [-0.39, 0.29) is 77.9 Å². The molecule has 1 aromatic rings. The van der Waals surface area contributed by atoms with Crippen molar-refractivity contribution in [2.75, 3.05) is 13.2 Å². The Kier molecular flexibility index (Phi) is 6.74. The van der Waals surface area contributed by atoms with Gasteiger partial charge in [0.1, 0.15) is 6.04 Å². The number of fused-ring (bicyclic) bond motifs is 10. The van der Waals surface area contributed by atoms with Gasteiger partial charge in [-0.2, -0.15) is 0 Å². The van der Waals surface area contributed by atoms with Gasteiger partial charge in [-0.3, -0.25) is 33.8 Å². The zero-order valence-electron chi connectivity index (χ0n) is 24.4. The number of likely N-dealkylation sites (tertiary alicyclic amines) is 2. The number of amides is 4. The normalized spacial score (nSPS) is 33.6. The average molecular weight is 585 g/mol. The number of carbonyl (C=O) groups excluding carboxylic acids is 6. The number of ether oxygens (including phenoxy) is 1. The maximum atomic E-state index is 13.6. The van der Waals surface area contributed by atoms with Crippen molar-refractivity contribution in [1.82, 2.24) is 9.80 Å². The van der Waals surface area contributed by atoms with E-state index in [1.54, 1.807) is 6.07 Å². The van der Waals surface area contributed by atoms with Gasteiger partial charge in [0.15, 0.2) is 6.61 Å². The Labute approximate surface area is 250 Å². The maximum Gasteiger partial charge on any atom is 0.329 e. The molecule has 6 aliphatic rings. The van der Waals surface area contributed by atoms with E-state index in [1.165, 1.54) is 4.90 Å². The van der Waals surface area contributed by atoms with Crippen molar-refractivity contribution in [3.8, 4) is 0 Å². The van der Waals surface area contributed by atoms with Crippen LogP contribution in [-0.2, 0) is 28.7 Å². The second kappa shape index (κ2) is 10.4. The lowest BCUT2D eigenvalue weighted by Gasteiger charge is -2.26. The maximum absolute atomic E-state index is 13.6. The zero-order valence-corrected chi connectivity index (χ0v) is 24.4. The molecule has 4 aliphatic carbocycles. The van der Waals surface area contributed by atoms with Crippen LogP contribution in [-0.4, -0.2) is 64.4 Å². The predicted molar refractivity (Wildman–Crippen MR) is 153 cm³/mol. The van der Waals surface area contributed by atoms with Crippen LogP contribution in [0.15, 0.2) is 42.5 Å². The summed E-state index contributed by atoms with van der Waals surface area (Å²) < 4.78 is 5.49. The highest BCUT2D eigenvalue weighted by Gasteiger charge is 2.61. The molecule has 4 bridgehead atoms. The fourth-order valence-electron chi connectivity index (χ4n) is 8.72. The van der Waals surface area contributed by atoms with Gasteiger partial charge in [-0.15, -0.1) is 0 Å². The van der Waals surface area contributed by atoms with Gasteiger partial charge in [-0.25, -0.2) is 4.79 Å². The fraction of sp³-hybridized carbons (Fsp3) is 0.529. The van der Waals surface area contributed by atoms with Crippen LogP contribution in [0.25, 0.3) is 0 Å². The molecule has 2 aliphatic heterocycles. The minimum atomic E-state index is -1.17. The number of esters is 1. The number of imide groups is 2. The van der Waals surface area contributed by atoms with Gasteiger partial charge in [-0.05, 0) is 81.3 Å². The summed E-state index contributed by atoms with van der Waals surface area (Å²) in [5, 5.41) is 0. The van der Waals surface area contributed by atoms with Crippen LogP contribution in [0.3, 0.4) is 0 Å². The number of rotatable bonds is 10. The summed E-state index contributed by atoms with van der Waals surface area (Å²) in [5.41, 5.74) is 2.13. The molecule has 0 spiro atoms. The molecule has 7 rings (SSSR count). The van der Waals surface area contributed by atoms with Crippen molar-refractivity contribution in [2.45, 2.75) is 52.0 Å². The van der Waals surface area contributed by atoms with E-state index in [9.17, 15) is 28.8 Å². The lowest BCUT2D eigenvalue weighted by atomic mass is 9.85. The molecule has 224 valence electrons. The number of allylic oxidation sites excluding steroid dienone is 4. The molecule has 0 N–H and O–H groups in total. The van der Waals surface area contributed by atoms with Crippen LogP contribution < -0.4 is 0 Å². The number of Topliss-reactive ketones (excluding diaryl/α,β-unsaturated/α-hetero) is 1. The number of hydrogen-bond donors (Lipinski definition) is 0. The summed E-state index contributed by atoms with van der Waals surface area (Å²) in [6.07, 6.45) is 10.7. The molecular formula is C34H36N2O7. The number of ketones is 1. The molecule has 43 heavy (non-hydrogen) atoms. The first kappa shape index (κ1) is 27.9. The van der Waals surface area contributed by atoms with Gasteiger partial charge >= 0.3 is 5.97 Å². The molecular weight excluding hydrogens is 548 g/mol. The van der Waals surface area contributed by atoms with Crippen LogP contribution >= 0.6 is 0 Å². The van der Waals surface area contributed by atoms with Crippen LogP contribution in [0.2, 0.25) is 0 Å². The minimum absolute atomic E-state index is 0.00424. The Morgan fingerprint density at radius 2 is 1.33 bits per heavy atom. The Morgan fingerprint density at radius 1 is 0.791 bits per heavy atom. The lowest BCUT2D eigenvalue weighted by Crippen LogP contribution is -2.47. The number of benzene rings is 1. The van der Waals surface area contributed by atoms with Crippen LogP contribution in [0.4, 0.5) is 0 Å². The zero-order chi connectivity index (χ0) is 30.2. The first-order valence-electron chi connectivity index (χ1n) is 15.5. The van der Waals surface area contributed by atoms with E-state index >= 15 is 0 Å². The summed E-state index contributed by atoms with van der Waals surface area (Å²) >= 11 is 0. The smallest absolute Gasteiger partial charge is 0.329 e. The van der Waals surface area contributed by atoms with E-state index < -0.39 is 30.5 Å². The first-order valence-corrected chi connectivity index (χ1v) is 15.5. The topological polar surface area (TPSA) is 118 Å². The standard InChI is InChI=1S/C34H36N2O7/c1-17-6-7-18(2)23(13-17)25(37)16-43-34(42)24(36-32(40)28-21-10-11-22(15-21)29(28)33(36)41)5-3-4-12-35-30(38)26-19-8-9-20(14-19)27(26)31(35)39/h6-11,13,19-22,24,26-29H,3-5,12,14-16H2,1-2H3/t19-,20-,21-,22-,24+,26-,27+,28-,29+/m0/s1. The third-order valence-corrected chi connectivity index (χ3v) is 10.8. The number of hydrogen-bond acceptors (Lipinski definition) is 7. The highest BCUT2D eigenvalue weighted by atomic mass is 16.5. The van der Waals surface area contributed by atoms with E-state index in [2.05, 4.69) is 12.2 Å². The fourth-order valence-corrected chi connectivity index (χ4v) is 8.72. The highest BCUT2D eigenvalue weighted by molar-refractivity contribution is 6.09. The minimum Gasteiger partial charge on any atom is -0.456 e. The Morgan fingerprint density at radius 3 is 1.88 bits per heavy atom. The van der Waals surface area contributed by atoms with Gasteiger partial charge in [0.25, 0.3) is 0 Å². The number of nitrogens with zero attached hydrogens (tertiary/aromatic N) is 2. The summed E-state index contributed by atoms with van der Waals surface area (Å²) in [6, 6.07) is 4.31. The second-order valence-corrected chi connectivity index (χ2v) is 13.2. The number of aryl methyl sites for hydroxylation is 2. The Hall–Kier alpha value is -3.88. The summed E-state index contributed by atoms with van der Waals surface area (Å²) in [6.45, 7) is 3.42. The molecule has 4 amide bonds. The van der Waals surface area contributed by atoms with Gasteiger partial charge in [0.2, 0.25) is 29.4 Å². The third kappa shape index (κ3) is 4.33.